The van der Waals surface area contributed by atoms with Gasteiger partial charge in [-0.15, -0.1) is 0 Å². The molecule has 0 fully saturated rings. The number of rotatable bonds is 5. The van der Waals surface area contributed by atoms with Gasteiger partial charge >= 0.3 is 0 Å². The average Bonchev–Trinajstić information content (AvgIpc) is 2.70. The van der Waals surface area contributed by atoms with Gasteiger partial charge in [0.1, 0.15) is 12.4 Å². The van der Waals surface area contributed by atoms with Gasteiger partial charge < -0.3 is 4.55 Å². The van der Waals surface area contributed by atoms with Gasteiger partial charge in [-0.2, -0.15) is 8.42 Å². The largest absolute Gasteiger partial charge is 0.726 e. The van der Waals surface area contributed by atoms with Crippen LogP contribution >= 0.6 is 0 Å². The Morgan fingerprint density at radius 1 is 1.30 bits per heavy atom. The molecule has 0 amide bonds. The van der Waals surface area contributed by atoms with Crippen molar-refractivity contribution in [1.29, 1.82) is 0 Å². The Labute approximate surface area is 118 Å². The number of imidazole rings is 1. The van der Waals surface area contributed by atoms with Gasteiger partial charge in [0.25, 0.3) is 10.1 Å². The van der Waals surface area contributed by atoms with Crippen molar-refractivity contribution in [3.05, 3.63) is 18.7 Å². The van der Waals surface area contributed by atoms with E-state index in [-0.39, 0.29) is 0 Å². The Morgan fingerprint density at radius 3 is 2.15 bits per heavy atom. The number of nitrogens with zero attached hydrogens (tertiary/aromatic N) is 2. The lowest BCUT2D eigenvalue weighted by molar-refractivity contribution is -0.696. The minimum atomic E-state index is -4.92. The molecule has 11 heteroatoms. The van der Waals surface area contributed by atoms with E-state index in [4.69, 9.17) is 22.1 Å². The molecule has 0 bridgehead atoms. The summed E-state index contributed by atoms with van der Waals surface area (Å²) < 4.78 is 67.0. The van der Waals surface area contributed by atoms with E-state index in [2.05, 4.69) is 0 Å². The lowest BCUT2D eigenvalue weighted by atomic mass is 10.3. The molecule has 2 N–H and O–H groups in total. The molecule has 0 aromatic carbocycles. The Balaban J connectivity index is 0.000000621. The first-order chi connectivity index (χ1) is 8.93. The van der Waals surface area contributed by atoms with Crippen molar-refractivity contribution >= 4 is 20.5 Å². The highest BCUT2D eigenvalue weighted by Gasteiger charge is 2.17. The molecule has 0 saturated carbocycles. The van der Waals surface area contributed by atoms with Crippen LogP contribution in [0.2, 0.25) is 0 Å². The summed E-state index contributed by atoms with van der Waals surface area (Å²) in [6, 6.07) is 0. The topological polar surface area (TPSA) is 141 Å². The van der Waals surface area contributed by atoms with Crippen LogP contribution in [0.5, 0.6) is 0 Å². The van der Waals surface area contributed by atoms with E-state index in [1.54, 1.807) is 0 Å². The van der Waals surface area contributed by atoms with Crippen molar-refractivity contribution in [1.82, 2.24) is 4.57 Å². The summed E-state index contributed by atoms with van der Waals surface area (Å²) in [5.41, 5.74) is 0. The zero-order valence-electron chi connectivity index (χ0n) is 11.1. The van der Waals surface area contributed by atoms with Gasteiger partial charge in [0.05, 0.1) is 18.3 Å². The van der Waals surface area contributed by atoms with Crippen molar-refractivity contribution in [2.24, 2.45) is 0 Å². The maximum Gasteiger partial charge on any atom is 0.267 e. The highest BCUT2D eigenvalue weighted by atomic mass is 32.3. The van der Waals surface area contributed by atoms with Crippen LogP contribution < -0.4 is 4.57 Å². The summed E-state index contributed by atoms with van der Waals surface area (Å²) >= 11 is 0. The molecule has 9 nitrogen and oxygen atoms in total. The smallest absolute Gasteiger partial charge is 0.267 e. The first-order valence-corrected chi connectivity index (χ1v) is 8.49. The summed E-state index contributed by atoms with van der Waals surface area (Å²) in [6.45, 7) is 5.02. The molecule has 1 unspecified atom stereocenters. The van der Waals surface area contributed by atoms with Gasteiger partial charge in [-0.25, -0.2) is 17.6 Å². The summed E-state index contributed by atoms with van der Waals surface area (Å²) in [6.07, 6.45) is 6.15. The van der Waals surface area contributed by atoms with Crippen molar-refractivity contribution in [3.63, 3.8) is 0 Å². The van der Waals surface area contributed by atoms with Crippen LogP contribution in [-0.2, 0) is 33.6 Å². The second-order valence-corrected chi connectivity index (χ2v) is 6.71. The summed E-state index contributed by atoms with van der Waals surface area (Å²) in [7, 11) is -8.81. The monoisotopic (exact) mass is 330 g/mol. The normalized spacial score (nSPS) is 13.4. The van der Waals surface area contributed by atoms with Crippen LogP contribution in [-0.4, -0.2) is 40.3 Å². The van der Waals surface area contributed by atoms with Gasteiger partial charge in [-0.3, -0.25) is 9.11 Å². The Morgan fingerprint density at radius 2 is 1.80 bits per heavy atom. The third-order valence-corrected chi connectivity index (χ3v) is 3.67. The zero-order chi connectivity index (χ0) is 16.0. The molecule has 1 rings (SSSR count). The second-order valence-electron chi connectivity index (χ2n) is 4.02. The van der Waals surface area contributed by atoms with Crippen LogP contribution in [0.3, 0.4) is 0 Å². The van der Waals surface area contributed by atoms with E-state index >= 15 is 0 Å². The van der Waals surface area contributed by atoms with Crippen LogP contribution in [0.4, 0.5) is 0 Å². The van der Waals surface area contributed by atoms with Gasteiger partial charge in [0.15, 0.2) is 0 Å². The van der Waals surface area contributed by atoms with E-state index in [1.165, 1.54) is 6.92 Å². The van der Waals surface area contributed by atoms with Crippen molar-refractivity contribution in [3.8, 4) is 0 Å². The molecule has 0 aliphatic heterocycles. The van der Waals surface area contributed by atoms with Crippen molar-refractivity contribution in [2.75, 3.05) is 0 Å². The maximum absolute atomic E-state index is 10.8. The van der Waals surface area contributed by atoms with E-state index < -0.39 is 25.8 Å². The molecule has 0 spiro atoms. The molecule has 1 heterocycles. The van der Waals surface area contributed by atoms with E-state index in [0.29, 0.717) is 13.0 Å². The van der Waals surface area contributed by atoms with Crippen molar-refractivity contribution < 1.29 is 35.1 Å². The second kappa shape index (κ2) is 7.69. The standard InChI is InChI=1S/C9H16N2O3S.H2O4S/c1-3-10-6-7-11(8-10)5-4-9(2)15(12,13)14;1-5(2,3)4/h6-9H,3-5H2,1-2H3;(H2,1,2,3,4). The number of aromatic nitrogens is 2. The minimum Gasteiger partial charge on any atom is -0.726 e. The fourth-order valence-electron chi connectivity index (χ4n) is 1.24. The highest BCUT2D eigenvalue weighted by molar-refractivity contribution is 7.86. The van der Waals surface area contributed by atoms with E-state index in [0.717, 1.165) is 6.54 Å². The summed E-state index contributed by atoms with van der Waals surface area (Å²) in [5, 5.41) is -0.713. The maximum atomic E-state index is 10.8. The molecular weight excluding hydrogens is 312 g/mol. The lowest BCUT2D eigenvalue weighted by Gasteiger charge is -2.05. The Kier molecular flexibility index (Phi) is 7.30. The minimum absolute atomic E-state index is 0.414. The molecule has 1 atom stereocenters. The fourth-order valence-corrected chi connectivity index (χ4v) is 1.64. The lowest BCUT2D eigenvalue weighted by Crippen LogP contribution is -2.34. The average molecular weight is 330 g/mol. The van der Waals surface area contributed by atoms with E-state index in [9.17, 15) is 8.42 Å². The van der Waals surface area contributed by atoms with Gasteiger partial charge in [-0.1, -0.05) is 0 Å². The summed E-state index contributed by atoms with van der Waals surface area (Å²) in [4.78, 5) is 0. The molecular formula is C9H18N2O7S2. The predicted molar refractivity (Wildman–Crippen MR) is 68.3 cm³/mol. The Hall–Kier alpha value is -1.01. The molecule has 0 radical (unpaired) electrons. The molecule has 118 valence electrons. The van der Waals surface area contributed by atoms with Gasteiger partial charge in [-0.05, 0) is 13.8 Å². The number of hydrogen-bond donors (Lipinski definition) is 2. The van der Waals surface area contributed by atoms with Gasteiger partial charge in [0, 0.05) is 6.42 Å². The first kappa shape index (κ1) is 19.0. The van der Waals surface area contributed by atoms with Crippen molar-refractivity contribution in [2.45, 2.75) is 38.6 Å². The molecule has 0 aliphatic rings. The molecule has 0 aliphatic carbocycles. The third kappa shape index (κ3) is 9.86. The number of hydrogen-bond acceptors (Lipinski definition) is 5. The van der Waals surface area contributed by atoms with Crippen LogP contribution in [0, 0.1) is 0 Å². The third-order valence-electron chi connectivity index (χ3n) is 2.41. The van der Waals surface area contributed by atoms with E-state index in [1.807, 2.05) is 34.8 Å². The SMILES string of the molecule is CCn1cc[n+](CCC(C)S(=O)(=O)O)c1.O=S(=O)([O-])O. The molecule has 20 heavy (non-hydrogen) atoms. The number of aryl methyl sites for hydroxylation is 2. The fraction of sp³-hybridized carbons (Fsp3) is 0.667. The molecule has 1 aromatic heterocycles. The zero-order valence-corrected chi connectivity index (χ0v) is 12.7. The predicted octanol–water partition coefficient (Wildman–Crippen LogP) is -0.533. The quantitative estimate of drug-likeness (QED) is 0.420. The van der Waals surface area contributed by atoms with Crippen LogP contribution in [0.25, 0.3) is 0 Å². The molecule has 1 aromatic rings. The molecule has 0 saturated heterocycles. The van der Waals surface area contributed by atoms with Crippen LogP contribution in [0.15, 0.2) is 18.7 Å². The Bertz CT molecular complexity index is 598. The summed E-state index contributed by atoms with van der Waals surface area (Å²) in [5.74, 6) is 0. The highest BCUT2D eigenvalue weighted by Crippen LogP contribution is 2.02. The van der Waals surface area contributed by atoms with Crippen LogP contribution in [0.1, 0.15) is 20.3 Å². The van der Waals surface area contributed by atoms with Gasteiger partial charge in [0.2, 0.25) is 16.7 Å². The first-order valence-electron chi connectivity index (χ1n) is 5.63.